The van der Waals surface area contributed by atoms with E-state index >= 15 is 0 Å². The number of nitrogens with zero attached hydrogens (tertiary/aromatic N) is 3. The number of hydrogen-bond acceptors (Lipinski definition) is 3. The monoisotopic (exact) mass is 191 g/mol. The maximum Gasteiger partial charge on any atom is 0.216 e. The minimum absolute atomic E-state index is 0.666. The van der Waals surface area contributed by atoms with E-state index in [-0.39, 0.29) is 0 Å². The summed E-state index contributed by atoms with van der Waals surface area (Å²) in [6.45, 7) is 4.72. The van der Waals surface area contributed by atoms with Crippen molar-refractivity contribution in [1.82, 2.24) is 14.6 Å². The van der Waals surface area contributed by atoms with Gasteiger partial charge < -0.3 is 4.74 Å². The molecule has 2 aromatic heterocycles. The van der Waals surface area contributed by atoms with Gasteiger partial charge in [0.25, 0.3) is 0 Å². The van der Waals surface area contributed by atoms with Gasteiger partial charge in [-0.1, -0.05) is 6.92 Å². The lowest BCUT2D eigenvalue weighted by Gasteiger charge is -2.02. The third-order valence-electron chi connectivity index (χ3n) is 1.88. The Kier molecular flexibility index (Phi) is 2.35. The van der Waals surface area contributed by atoms with Crippen molar-refractivity contribution in [3.05, 3.63) is 24.0 Å². The first kappa shape index (κ1) is 8.99. The zero-order valence-electron chi connectivity index (χ0n) is 8.40. The summed E-state index contributed by atoms with van der Waals surface area (Å²) in [4.78, 5) is 4.31. The molecule has 74 valence electrons. The third-order valence-corrected chi connectivity index (χ3v) is 1.88. The number of rotatable bonds is 3. The predicted octanol–water partition coefficient (Wildman–Crippen LogP) is 1.83. The Balaban J connectivity index is 2.31. The summed E-state index contributed by atoms with van der Waals surface area (Å²) in [6.07, 6.45) is 2.85. The molecule has 0 bridgehead atoms. The van der Waals surface area contributed by atoms with E-state index in [4.69, 9.17) is 4.74 Å². The summed E-state index contributed by atoms with van der Waals surface area (Å²) in [7, 11) is 0. The molecule has 0 fully saturated rings. The van der Waals surface area contributed by atoms with Gasteiger partial charge in [0.15, 0.2) is 5.65 Å². The summed E-state index contributed by atoms with van der Waals surface area (Å²) < 4.78 is 7.16. The number of hydrogen-bond donors (Lipinski definition) is 0. The molecule has 0 aliphatic rings. The highest BCUT2D eigenvalue weighted by Gasteiger charge is 2.00. The first-order valence-electron chi connectivity index (χ1n) is 4.75. The van der Waals surface area contributed by atoms with Crippen LogP contribution in [0.1, 0.15) is 19.0 Å². The van der Waals surface area contributed by atoms with Gasteiger partial charge in [-0.15, -0.1) is 0 Å². The van der Waals surface area contributed by atoms with Crippen LogP contribution in [0.2, 0.25) is 0 Å². The van der Waals surface area contributed by atoms with Gasteiger partial charge in [0.2, 0.25) is 5.88 Å². The smallest absolute Gasteiger partial charge is 0.216 e. The first-order chi connectivity index (χ1) is 6.79. The maximum absolute atomic E-state index is 5.42. The fourth-order valence-electron chi connectivity index (χ4n) is 1.27. The second kappa shape index (κ2) is 3.65. The van der Waals surface area contributed by atoms with Crippen molar-refractivity contribution in [3.63, 3.8) is 0 Å². The molecule has 0 atom stereocenters. The molecule has 4 heteroatoms. The Morgan fingerprint density at radius 1 is 1.50 bits per heavy atom. The molecule has 2 heterocycles. The van der Waals surface area contributed by atoms with Gasteiger partial charge in [-0.3, -0.25) is 0 Å². The van der Waals surface area contributed by atoms with Crippen molar-refractivity contribution < 1.29 is 4.74 Å². The quantitative estimate of drug-likeness (QED) is 0.743. The Morgan fingerprint density at radius 3 is 3.14 bits per heavy atom. The predicted molar refractivity (Wildman–Crippen MR) is 53.5 cm³/mol. The molecule has 0 unspecified atom stereocenters. The lowest BCUT2D eigenvalue weighted by Crippen LogP contribution is -1.98. The molecule has 0 N–H and O–H groups in total. The molecule has 2 rings (SSSR count). The Labute approximate surface area is 82.5 Å². The van der Waals surface area contributed by atoms with Gasteiger partial charge in [-0.2, -0.15) is 10.1 Å². The SMILES string of the molecule is CCCOc1ccn2nc(C)cc2n1. The highest BCUT2D eigenvalue weighted by atomic mass is 16.5. The molecule has 2 aromatic rings. The van der Waals surface area contributed by atoms with Gasteiger partial charge in [-0.05, 0) is 13.3 Å². The van der Waals surface area contributed by atoms with E-state index in [2.05, 4.69) is 17.0 Å². The lowest BCUT2D eigenvalue weighted by atomic mass is 10.5. The fourth-order valence-corrected chi connectivity index (χ4v) is 1.27. The minimum Gasteiger partial charge on any atom is -0.478 e. The van der Waals surface area contributed by atoms with Crippen LogP contribution in [0.3, 0.4) is 0 Å². The summed E-state index contributed by atoms with van der Waals surface area (Å²) in [5, 5.41) is 4.23. The van der Waals surface area contributed by atoms with Crippen LogP contribution < -0.4 is 4.74 Å². The fraction of sp³-hybridized carbons (Fsp3) is 0.400. The zero-order valence-corrected chi connectivity index (χ0v) is 8.40. The maximum atomic E-state index is 5.42. The molecule has 0 spiro atoms. The summed E-state index contributed by atoms with van der Waals surface area (Å²) in [6, 6.07) is 3.76. The van der Waals surface area contributed by atoms with E-state index in [0.717, 1.165) is 17.8 Å². The van der Waals surface area contributed by atoms with Crippen molar-refractivity contribution in [3.8, 4) is 5.88 Å². The van der Waals surface area contributed by atoms with Gasteiger partial charge >= 0.3 is 0 Å². The van der Waals surface area contributed by atoms with Crippen molar-refractivity contribution in [1.29, 1.82) is 0 Å². The van der Waals surface area contributed by atoms with E-state index < -0.39 is 0 Å². The standard InChI is InChI=1S/C10H13N3O/c1-3-6-14-10-4-5-13-9(11-10)7-8(2)12-13/h4-5,7H,3,6H2,1-2H3. The largest absolute Gasteiger partial charge is 0.478 e. The molecule has 0 aliphatic heterocycles. The number of fused-ring (bicyclic) bond motifs is 1. The van der Waals surface area contributed by atoms with Gasteiger partial charge in [-0.25, -0.2) is 4.52 Å². The molecular weight excluding hydrogens is 178 g/mol. The average molecular weight is 191 g/mol. The molecule has 0 saturated carbocycles. The molecule has 0 aliphatic carbocycles. The summed E-state index contributed by atoms with van der Waals surface area (Å²) in [5.74, 6) is 0.666. The molecule has 14 heavy (non-hydrogen) atoms. The first-order valence-corrected chi connectivity index (χ1v) is 4.75. The van der Waals surface area contributed by atoms with E-state index in [1.54, 1.807) is 4.52 Å². The summed E-state index contributed by atoms with van der Waals surface area (Å²) >= 11 is 0. The highest BCUT2D eigenvalue weighted by Crippen LogP contribution is 2.10. The number of ether oxygens (including phenoxy) is 1. The topological polar surface area (TPSA) is 39.4 Å². The van der Waals surface area contributed by atoms with Crippen molar-refractivity contribution >= 4 is 5.65 Å². The van der Waals surface area contributed by atoms with E-state index in [1.807, 2.05) is 25.3 Å². The third kappa shape index (κ3) is 1.69. The van der Waals surface area contributed by atoms with E-state index in [9.17, 15) is 0 Å². The van der Waals surface area contributed by atoms with Gasteiger partial charge in [0.1, 0.15) is 0 Å². The molecule has 0 amide bonds. The highest BCUT2D eigenvalue weighted by molar-refractivity contribution is 5.40. The van der Waals surface area contributed by atoms with Crippen LogP contribution in [-0.2, 0) is 0 Å². The second-order valence-corrected chi connectivity index (χ2v) is 3.20. The molecular formula is C10H13N3O. The van der Waals surface area contributed by atoms with Crippen LogP contribution in [0.4, 0.5) is 0 Å². The van der Waals surface area contributed by atoms with Gasteiger partial charge in [0, 0.05) is 18.3 Å². The molecule has 4 nitrogen and oxygen atoms in total. The normalized spacial score (nSPS) is 10.7. The molecule has 0 radical (unpaired) electrons. The summed E-state index contributed by atoms with van der Waals surface area (Å²) in [5.41, 5.74) is 1.79. The van der Waals surface area contributed by atoms with Crippen LogP contribution in [0.15, 0.2) is 18.3 Å². The zero-order chi connectivity index (χ0) is 9.97. The van der Waals surface area contributed by atoms with Crippen molar-refractivity contribution in [2.45, 2.75) is 20.3 Å². The Morgan fingerprint density at radius 2 is 2.36 bits per heavy atom. The van der Waals surface area contributed by atoms with Crippen LogP contribution in [0, 0.1) is 6.92 Å². The molecule has 0 aromatic carbocycles. The number of aromatic nitrogens is 3. The Hall–Kier alpha value is -1.58. The van der Waals surface area contributed by atoms with Crippen molar-refractivity contribution in [2.24, 2.45) is 0 Å². The number of aryl methyl sites for hydroxylation is 1. The lowest BCUT2D eigenvalue weighted by molar-refractivity contribution is 0.305. The van der Waals surface area contributed by atoms with E-state index in [1.165, 1.54) is 0 Å². The van der Waals surface area contributed by atoms with E-state index in [0.29, 0.717) is 12.5 Å². The van der Waals surface area contributed by atoms with Crippen LogP contribution in [0.25, 0.3) is 5.65 Å². The molecule has 0 saturated heterocycles. The van der Waals surface area contributed by atoms with Crippen molar-refractivity contribution in [2.75, 3.05) is 6.61 Å². The van der Waals surface area contributed by atoms with Gasteiger partial charge in [0.05, 0.1) is 12.3 Å². The second-order valence-electron chi connectivity index (χ2n) is 3.20. The van der Waals surface area contributed by atoms with Crippen LogP contribution in [-0.4, -0.2) is 21.2 Å². The van der Waals surface area contributed by atoms with Crippen LogP contribution in [0.5, 0.6) is 5.88 Å². The Bertz CT molecular complexity index is 436. The average Bonchev–Trinajstić information content (AvgIpc) is 2.54. The van der Waals surface area contributed by atoms with Crippen LogP contribution >= 0.6 is 0 Å². The minimum atomic E-state index is 0.666.